The average molecular weight is 294 g/mol. The van der Waals surface area contributed by atoms with Crippen molar-refractivity contribution in [3.05, 3.63) is 77.9 Å². The van der Waals surface area contributed by atoms with E-state index < -0.39 is 0 Å². The van der Waals surface area contributed by atoms with Crippen LogP contribution >= 0.6 is 0 Å². The van der Waals surface area contributed by atoms with E-state index in [4.69, 9.17) is 4.74 Å². The molecule has 1 atom stereocenters. The van der Waals surface area contributed by atoms with Crippen LogP contribution in [0.5, 0.6) is 5.75 Å². The third kappa shape index (κ3) is 5.40. The van der Waals surface area contributed by atoms with E-state index in [0.29, 0.717) is 5.92 Å². The number of ether oxygens (including phenoxy) is 1. The molecule has 116 valence electrons. The molecule has 0 saturated heterocycles. The van der Waals surface area contributed by atoms with Crippen molar-refractivity contribution in [2.75, 3.05) is 0 Å². The van der Waals surface area contributed by atoms with E-state index in [1.807, 2.05) is 0 Å². The minimum atomic E-state index is -0.150. The number of hydrogen-bond acceptors (Lipinski definition) is 1. The van der Waals surface area contributed by atoms with Gasteiger partial charge in [-0.15, -0.1) is 0 Å². The molecule has 0 saturated carbocycles. The highest BCUT2D eigenvalue weighted by Gasteiger charge is 2.11. The van der Waals surface area contributed by atoms with Crippen LogP contribution in [-0.2, 0) is 6.42 Å². The Morgan fingerprint density at radius 2 is 1.59 bits per heavy atom. The lowest BCUT2D eigenvalue weighted by atomic mass is 9.99. The highest BCUT2D eigenvalue weighted by molar-refractivity contribution is 5.31. The maximum atomic E-state index is 5.86. The Morgan fingerprint density at radius 1 is 0.955 bits per heavy atom. The predicted octanol–water partition coefficient (Wildman–Crippen LogP) is 5.77. The zero-order valence-electron chi connectivity index (χ0n) is 14.0. The van der Waals surface area contributed by atoms with Crippen LogP contribution in [0.3, 0.4) is 0 Å². The average Bonchev–Trinajstić information content (AvgIpc) is 2.47. The van der Waals surface area contributed by atoms with Crippen LogP contribution in [0.25, 0.3) is 0 Å². The quantitative estimate of drug-likeness (QED) is 0.636. The Morgan fingerprint density at radius 3 is 2.18 bits per heavy atom. The number of benzene rings is 2. The molecule has 1 nitrogen and oxygen atoms in total. The van der Waals surface area contributed by atoms with Crippen LogP contribution in [0.4, 0.5) is 0 Å². The van der Waals surface area contributed by atoms with Gasteiger partial charge in [0.05, 0.1) is 0 Å². The predicted molar refractivity (Wildman–Crippen MR) is 94.5 cm³/mol. The van der Waals surface area contributed by atoms with E-state index in [0.717, 1.165) is 12.2 Å². The van der Waals surface area contributed by atoms with E-state index >= 15 is 0 Å². The molecule has 0 heterocycles. The molecule has 0 radical (unpaired) electrons. The molecule has 0 aromatic heterocycles. The Kier molecular flexibility index (Phi) is 5.43. The third-order valence-corrected chi connectivity index (χ3v) is 3.45. The Balaban J connectivity index is 1.93. The van der Waals surface area contributed by atoms with E-state index in [9.17, 15) is 0 Å². The molecule has 2 aromatic carbocycles. The summed E-state index contributed by atoms with van der Waals surface area (Å²) in [7, 11) is 0. The lowest BCUT2D eigenvalue weighted by Crippen LogP contribution is -2.22. The summed E-state index contributed by atoms with van der Waals surface area (Å²) in [6.45, 7) is 8.42. The second-order valence-corrected chi connectivity index (χ2v) is 6.69. The van der Waals surface area contributed by atoms with E-state index in [1.54, 1.807) is 0 Å². The van der Waals surface area contributed by atoms with Crippen LogP contribution in [0.15, 0.2) is 66.7 Å². The fourth-order valence-corrected chi connectivity index (χ4v) is 2.33. The van der Waals surface area contributed by atoms with Gasteiger partial charge in [-0.3, -0.25) is 0 Å². The second kappa shape index (κ2) is 7.31. The molecule has 0 spiro atoms. The lowest BCUT2D eigenvalue weighted by molar-refractivity contribution is 0.131. The number of hydrogen-bond donors (Lipinski definition) is 0. The van der Waals surface area contributed by atoms with Crippen molar-refractivity contribution >= 4 is 0 Å². The number of rotatable bonds is 5. The first-order valence-electron chi connectivity index (χ1n) is 7.93. The molecule has 0 N–H and O–H groups in total. The number of allylic oxidation sites excluding steroid dienone is 2. The summed E-state index contributed by atoms with van der Waals surface area (Å²) in [6.07, 6.45) is 5.50. The standard InChI is InChI=1S/C21H26O/c1-17(9-8-12-18-10-6-5-7-11-18)19-13-15-20(16-14-19)22-21(2,3)4/h5-11,13-17H,12H2,1-4H3/b9-8+/t17-/m0/s1. The van der Waals surface area contributed by atoms with E-state index in [2.05, 4.69) is 94.4 Å². The molecule has 2 aromatic rings. The molecule has 0 aliphatic rings. The van der Waals surface area contributed by atoms with Crippen molar-refractivity contribution in [3.63, 3.8) is 0 Å². The fourth-order valence-electron chi connectivity index (χ4n) is 2.33. The van der Waals surface area contributed by atoms with Crippen LogP contribution in [0, 0.1) is 0 Å². The van der Waals surface area contributed by atoms with Gasteiger partial charge in [-0.2, -0.15) is 0 Å². The van der Waals surface area contributed by atoms with Gasteiger partial charge in [0.1, 0.15) is 11.4 Å². The molecule has 2 rings (SSSR count). The molecule has 0 aliphatic carbocycles. The van der Waals surface area contributed by atoms with Crippen LogP contribution in [0.1, 0.15) is 44.7 Å². The van der Waals surface area contributed by atoms with Crippen LogP contribution in [-0.4, -0.2) is 5.60 Å². The fraction of sp³-hybridized carbons (Fsp3) is 0.333. The van der Waals surface area contributed by atoms with Crippen molar-refractivity contribution in [3.8, 4) is 5.75 Å². The first-order valence-corrected chi connectivity index (χ1v) is 7.93. The van der Waals surface area contributed by atoms with Gasteiger partial charge in [-0.05, 0) is 56.4 Å². The second-order valence-electron chi connectivity index (χ2n) is 6.69. The minimum absolute atomic E-state index is 0.150. The maximum Gasteiger partial charge on any atom is 0.120 e. The van der Waals surface area contributed by atoms with Gasteiger partial charge in [0.2, 0.25) is 0 Å². The molecular formula is C21H26O. The monoisotopic (exact) mass is 294 g/mol. The molecule has 0 fully saturated rings. The summed E-state index contributed by atoms with van der Waals surface area (Å²) in [5.74, 6) is 1.34. The van der Waals surface area contributed by atoms with Gasteiger partial charge >= 0.3 is 0 Å². The van der Waals surface area contributed by atoms with Crippen molar-refractivity contribution in [1.82, 2.24) is 0 Å². The summed E-state index contributed by atoms with van der Waals surface area (Å²) in [5, 5.41) is 0. The van der Waals surface area contributed by atoms with Gasteiger partial charge in [-0.1, -0.05) is 61.5 Å². The highest BCUT2D eigenvalue weighted by Crippen LogP contribution is 2.23. The molecule has 0 bridgehead atoms. The van der Waals surface area contributed by atoms with Gasteiger partial charge in [0, 0.05) is 0 Å². The summed E-state index contributed by atoms with van der Waals surface area (Å²) >= 11 is 0. The largest absolute Gasteiger partial charge is 0.488 e. The molecule has 1 heteroatoms. The zero-order valence-corrected chi connectivity index (χ0v) is 14.0. The van der Waals surface area contributed by atoms with Crippen molar-refractivity contribution in [2.45, 2.75) is 45.6 Å². The summed E-state index contributed by atoms with van der Waals surface area (Å²) in [4.78, 5) is 0. The summed E-state index contributed by atoms with van der Waals surface area (Å²) in [5.41, 5.74) is 2.51. The van der Waals surface area contributed by atoms with Gasteiger partial charge < -0.3 is 4.74 Å². The summed E-state index contributed by atoms with van der Waals surface area (Å²) in [6, 6.07) is 19.0. The normalized spacial score (nSPS) is 13.3. The molecular weight excluding hydrogens is 268 g/mol. The van der Waals surface area contributed by atoms with Gasteiger partial charge in [0.15, 0.2) is 0 Å². The lowest BCUT2D eigenvalue weighted by Gasteiger charge is -2.21. The zero-order chi connectivity index (χ0) is 16.0. The smallest absolute Gasteiger partial charge is 0.120 e. The Hall–Kier alpha value is -2.02. The summed E-state index contributed by atoms with van der Waals surface area (Å²) < 4.78 is 5.86. The molecule has 0 unspecified atom stereocenters. The topological polar surface area (TPSA) is 9.23 Å². The Labute approximate surface area is 134 Å². The maximum absolute atomic E-state index is 5.86. The molecule has 22 heavy (non-hydrogen) atoms. The highest BCUT2D eigenvalue weighted by atomic mass is 16.5. The van der Waals surface area contributed by atoms with Crippen molar-refractivity contribution in [2.24, 2.45) is 0 Å². The van der Waals surface area contributed by atoms with E-state index in [1.165, 1.54) is 11.1 Å². The minimum Gasteiger partial charge on any atom is -0.488 e. The first kappa shape index (κ1) is 16.4. The SMILES string of the molecule is C[C@@H](/C=C/Cc1ccccc1)c1ccc(OC(C)(C)C)cc1. The van der Waals surface area contributed by atoms with Gasteiger partial charge in [0.25, 0.3) is 0 Å². The molecule has 0 aliphatic heterocycles. The Bertz CT molecular complexity index is 588. The van der Waals surface area contributed by atoms with Crippen LogP contribution in [0.2, 0.25) is 0 Å². The van der Waals surface area contributed by atoms with Crippen molar-refractivity contribution in [1.29, 1.82) is 0 Å². The first-order chi connectivity index (χ1) is 10.4. The van der Waals surface area contributed by atoms with E-state index in [-0.39, 0.29) is 5.60 Å². The molecule has 0 amide bonds. The third-order valence-electron chi connectivity index (χ3n) is 3.45. The van der Waals surface area contributed by atoms with Crippen molar-refractivity contribution < 1.29 is 4.74 Å². The van der Waals surface area contributed by atoms with Gasteiger partial charge in [-0.25, -0.2) is 0 Å². The van der Waals surface area contributed by atoms with Crippen LogP contribution < -0.4 is 4.74 Å².